The van der Waals surface area contributed by atoms with Crippen LogP contribution < -0.4 is 5.43 Å². The van der Waals surface area contributed by atoms with Crippen molar-refractivity contribution in [2.45, 2.75) is 6.92 Å². The van der Waals surface area contributed by atoms with Crippen LogP contribution in [0.15, 0.2) is 47.6 Å². The average Bonchev–Trinajstić information content (AvgIpc) is 2.83. The minimum Gasteiger partial charge on any atom is -0.507 e. The lowest BCUT2D eigenvalue weighted by Crippen LogP contribution is -1.89. The van der Waals surface area contributed by atoms with E-state index in [1.807, 2.05) is 18.2 Å². The summed E-state index contributed by atoms with van der Waals surface area (Å²) in [6.07, 6.45) is 1.58. The summed E-state index contributed by atoms with van der Waals surface area (Å²) in [6, 6.07) is 13.2. The summed E-state index contributed by atoms with van der Waals surface area (Å²) in [5.74, 6) is 0.206. The molecule has 0 aliphatic heterocycles. The second kappa shape index (κ2) is 5.30. The SMILES string of the molecule is Cc1ccc2nc(NN=Cc3ccccc3O)sc2c1. The molecule has 0 amide bonds. The summed E-state index contributed by atoms with van der Waals surface area (Å²) < 4.78 is 1.13. The molecule has 1 aromatic heterocycles. The molecule has 0 bridgehead atoms. The van der Waals surface area contributed by atoms with Crippen LogP contribution in [0.4, 0.5) is 5.13 Å². The van der Waals surface area contributed by atoms with E-state index in [1.54, 1.807) is 35.8 Å². The summed E-state index contributed by atoms with van der Waals surface area (Å²) in [6.45, 7) is 2.06. The molecule has 20 heavy (non-hydrogen) atoms. The number of rotatable bonds is 3. The van der Waals surface area contributed by atoms with Crippen LogP contribution in [0.25, 0.3) is 10.2 Å². The number of aromatic hydroxyl groups is 1. The third kappa shape index (κ3) is 2.62. The third-order valence-corrected chi connectivity index (χ3v) is 3.77. The van der Waals surface area contributed by atoms with Crippen LogP contribution in [0.2, 0.25) is 0 Å². The van der Waals surface area contributed by atoms with Crippen molar-refractivity contribution in [1.82, 2.24) is 4.98 Å². The van der Waals surface area contributed by atoms with E-state index in [-0.39, 0.29) is 5.75 Å². The maximum absolute atomic E-state index is 9.62. The van der Waals surface area contributed by atoms with E-state index in [1.165, 1.54) is 5.56 Å². The minimum atomic E-state index is 0.206. The molecule has 3 aromatic rings. The first-order valence-electron chi connectivity index (χ1n) is 6.16. The van der Waals surface area contributed by atoms with Crippen molar-refractivity contribution in [2.75, 3.05) is 5.43 Å². The zero-order valence-electron chi connectivity index (χ0n) is 10.9. The molecule has 0 radical (unpaired) electrons. The van der Waals surface area contributed by atoms with Crippen LogP contribution in [-0.4, -0.2) is 16.3 Å². The molecule has 0 fully saturated rings. The Morgan fingerprint density at radius 2 is 2.10 bits per heavy atom. The topological polar surface area (TPSA) is 57.5 Å². The minimum absolute atomic E-state index is 0.206. The van der Waals surface area contributed by atoms with E-state index < -0.39 is 0 Å². The van der Waals surface area contributed by atoms with Gasteiger partial charge in [0.2, 0.25) is 5.13 Å². The largest absolute Gasteiger partial charge is 0.507 e. The van der Waals surface area contributed by atoms with Crippen molar-refractivity contribution in [3.8, 4) is 5.75 Å². The number of anilines is 1. The first-order chi connectivity index (χ1) is 9.72. The number of nitrogens with one attached hydrogen (secondary N) is 1. The quantitative estimate of drug-likeness (QED) is 0.568. The zero-order valence-corrected chi connectivity index (χ0v) is 11.7. The molecule has 2 aromatic carbocycles. The van der Waals surface area contributed by atoms with Gasteiger partial charge in [-0.05, 0) is 36.8 Å². The van der Waals surface area contributed by atoms with Crippen molar-refractivity contribution in [1.29, 1.82) is 0 Å². The molecule has 5 heteroatoms. The fourth-order valence-corrected chi connectivity index (χ4v) is 2.75. The van der Waals surface area contributed by atoms with Gasteiger partial charge in [-0.25, -0.2) is 4.98 Å². The van der Waals surface area contributed by atoms with Crippen molar-refractivity contribution < 1.29 is 5.11 Å². The lowest BCUT2D eigenvalue weighted by molar-refractivity contribution is 0.474. The lowest BCUT2D eigenvalue weighted by atomic mass is 10.2. The number of thiazole rings is 1. The molecular weight excluding hydrogens is 270 g/mol. The van der Waals surface area contributed by atoms with Gasteiger partial charge in [-0.3, -0.25) is 5.43 Å². The van der Waals surface area contributed by atoms with Gasteiger partial charge in [-0.1, -0.05) is 29.5 Å². The van der Waals surface area contributed by atoms with Gasteiger partial charge >= 0.3 is 0 Å². The standard InChI is InChI=1S/C15H13N3OS/c1-10-6-7-12-14(8-10)20-15(17-12)18-16-9-11-4-2-3-5-13(11)19/h2-9,19H,1H3,(H,17,18). The molecule has 0 atom stereocenters. The molecular formula is C15H13N3OS. The maximum atomic E-state index is 9.62. The van der Waals surface area contributed by atoms with Crippen LogP contribution >= 0.6 is 11.3 Å². The van der Waals surface area contributed by atoms with Gasteiger partial charge in [0.15, 0.2) is 0 Å². The number of hydrogen-bond acceptors (Lipinski definition) is 5. The van der Waals surface area contributed by atoms with E-state index in [2.05, 4.69) is 28.5 Å². The van der Waals surface area contributed by atoms with E-state index in [4.69, 9.17) is 0 Å². The molecule has 0 saturated carbocycles. The summed E-state index contributed by atoms with van der Waals surface area (Å²) in [4.78, 5) is 4.44. The van der Waals surface area contributed by atoms with Gasteiger partial charge in [-0.15, -0.1) is 0 Å². The van der Waals surface area contributed by atoms with Gasteiger partial charge < -0.3 is 5.11 Å². The Hall–Kier alpha value is -2.40. The highest BCUT2D eigenvalue weighted by Gasteiger charge is 2.02. The number of aryl methyl sites for hydroxylation is 1. The van der Waals surface area contributed by atoms with Crippen LogP contribution in [0.1, 0.15) is 11.1 Å². The number of hydrogen-bond donors (Lipinski definition) is 2. The smallest absolute Gasteiger partial charge is 0.204 e. The van der Waals surface area contributed by atoms with E-state index in [0.29, 0.717) is 5.56 Å². The summed E-state index contributed by atoms with van der Waals surface area (Å²) in [7, 11) is 0. The van der Waals surface area contributed by atoms with Crippen LogP contribution in [0.5, 0.6) is 5.75 Å². The first-order valence-corrected chi connectivity index (χ1v) is 6.98. The Bertz CT molecular complexity index is 780. The number of phenols is 1. The molecule has 0 aliphatic carbocycles. The highest BCUT2D eigenvalue weighted by atomic mass is 32.1. The highest BCUT2D eigenvalue weighted by molar-refractivity contribution is 7.22. The predicted molar refractivity (Wildman–Crippen MR) is 83.7 cm³/mol. The molecule has 3 rings (SSSR count). The molecule has 100 valence electrons. The lowest BCUT2D eigenvalue weighted by Gasteiger charge is -1.96. The van der Waals surface area contributed by atoms with Crippen molar-refractivity contribution in [3.05, 3.63) is 53.6 Å². The van der Waals surface area contributed by atoms with Crippen molar-refractivity contribution in [3.63, 3.8) is 0 Å². The Labute approximate surface area is 120 Å². The van der Waals surface area contributed by atoms with E-state index in [0.717, 1.165) is 15.3 Å². The Morgan fingerprint density at radius 3 is 2.95 bits per heavy atom. The maximum Gasteiger partial charge on any atom is 0.204 e. The number of para-hydroxylation sites is 1. The average molecular weight is 283 g/mol. The third-order valence-electron chi connectivity index (χ3n) is 2.84. The number of hydrazone groups is 1. The Balaban J connectivity index is 1.78. The van der Waals surface area contributed by atoms with Crippen molar-refractivity contribution >= 4 is 32.9 Å². The Morgan fingerprint density at radius 1 is 1.25 bits per heavy atom. The Kier molecular flexibility index (Phi) is 3.35. The summed E-state index contributed by atoms with van der Waals surface area (Å²) in [5, 5.41) is 14.5. The summed E-state index contributed by atoms with van der Waals surface area (Å²) >= 11 is 1.55. The van der Waals surface area contributed by atoms with Crippen LogP contribution in [0, 0.1) is 6.92 Å². The second-order valence-corrected chi connectivity index (χ2v) is 5.45. The van der Waals surface area contributed by atoms with Crippen LogP contribution in [-0.2, 0) is 0 Å². The number of benzene rings is 2. The molecule has 0 aliphatic rings. The first kappa shape index (κ1) is 12.6. The molecule has 4 nitrogen and oxygen atoms in total. The molecule has 0 unspecified atom stereocenters. The zero-order chi connectivity index (χ0) is 13.9. The van der Waals surface area contributed by atoms with Crippen molar-refractivity contribution in [2.24, 2.45) is 5.10 Å². The van der Waals surface area contributed by atoms with E-state index in [9.17, 15) is 5.11 Å². The molecule has 0 saturated heterocycles. The monoisotopic (exact) mass is 283 g/mol. The normalized spacial score (nSPS) is 11.2. The number of nitrogens with zero attached hydrogens (tertiary/aromatic N) is 2. The number of fused-ring (bicyclic) bond motifs is 1. The van der Waals surface area contributed by atoms with Gasteiger partial charge in [0.1, 0.15) is 5.75 Å². The summed E-state index contributed by atoms with van der Waals surface area (Å²) in [5.41, 5.74) is 5.73. The predicted octanol–water partition coefficient (Wildman–Crippen LogP) is 3.76. The van der Waals surface area contributed by atoms with Gasteiger partial charge in [0.25, 0.3) is 0 Å². The molecule has 0 spiro atoms. The number of phenolic OH excluding ortho intramolecular Hbond substituents is 1. The highest BCUT2D eigenvalue weighted by Crippen LogP contribution is 2.26. The van der Waals surface area contributed by atoms with Crippen LogP contribution in [0.3, 0.4) is 0 Å². The van der Waals surface area contributed by atoms with Gasteiger partial charge in [-0.2, -0.15) is 5.10 Å². The second-order valence-electron chi connectivity index (χ2n) is 4.42. The fraction of sp³-hybridized carbons (Fsp3) is 0.0667. The van der Waals surface area contributed by atoms with Gasteiger partial charge in [0.05, 0.1) is 16.4 Å². The molecule has 1 heterocycles. The van der Waals surface area contributed by atoms with E-state index >= 15 is 0 Å². The fourth-order valence-electron chi connectivity index (χ4n) is 1.83. The molecule has 2 N–H and O–H groups in total. The number of aromatic nitrogens is 1. The van der Waals surface area contributed by atoms with Gasteiger partial charge in [0, 0.05) is 5.56 Å².